The molecule has 1 unspecified atom stereocenters. The third-order valence-electron chi connectivity index (χ3n) is 3.06. The second kappa shape index (κ2) is 7.59. The number of carbonyl (C=O) groups excluding carboxylic acids is 1. The molecule has 0 radical (unpaired) electrons. The van der Waals surface area contributed by atoms with Crippen LogP contribution in [0.25, 0.3) is 0 Å². The number of rotatable bonds is 5. The molecular weight excluding hydrogens is 278 g/mol. The molecule has 20 heavy (non-hydrogen) atoms. The minimum Gasteiger partial charge on any atom is -0.374 e. The Balaban J connectivity index is 1.74. The largest absolute Gasteiger partial charge is 0.374 e. The van der Waals surface area contributed by atoms with Gasteiger partial charge in [0, 0.05) is 30.3 Å². The van der Waals surface area contributed by atoms with E-state index in [1.54, 1.807) is 24.3 Å². The zero-order valence-corrected chi connectivity index (χ0v) is 12.3. The molecule has 1 aliphatic heterocycles. The molecule has 1 heterocycles. The summed E-state index contributed by atoms with van der Waals surface area (Å²) < 4.78 is 5.61. The molecule has 6 heteroatoms. The van der Waals surface area contributed by atoms with E-state index in [9.17, 15) is 4.79 Å². The molecule has 0 bridgehead atoms. The van der Waals surface area contributed by atoms with Gasteiger partial charge >= 0.3 is 0 Å². The van der Waals surface area contributed by atoms with Crippen molar-refractivity contribution in [2.75, 3.05) is 45.2 Å². The van der Waals surface area contributed by atoms with Gasteiger partial charge in [-0.25, -0.2) is 0 Å². The molecule has 2 rings (SSSR count). The van der Waals surface area contributed by atoms with Crippen molar-refractivity contribution in [3.8, 4) is 0 Å². The molecule has 110 valence electrons. The van der Waals surface area contributed by atoms with Crippen LogP contribution in [0, 0.1) is 0 Å². The number of halogens is 1. The second-order valence-electron chi connectivity index (χ2n) is 4.95. The zero-order valence-electron chi connectivity index (χ0n) is 11.6. The maximum absolute atomic E-state index is 11.9. The Morgan fingerprint density at radius 2 is 2.25 bits per heavy atom. The van der Waals surface area contributed by atoms with Gasteiger partial charge in [-0.2, -0.15) is 0 Å². The van der Waals surface area contributed by atoms with Crippen LogP contribution >= 0.6 is 11.6 Å². The number of hydrogen-bond acceptors (Lipinski definition) is 4. The lowest BCUT2D eigenvalue weighted by Gasteiger charge is -2.27. The first kappa shape index (κ1) is 15.3. The van der Waals surface area contributed by atoms with Crippen LogP contribution in [0.4, 0.5) is 5.69 Å². The fraction of sp³-hybridized carbons (Fsp3) is 0.500. The highest BCUT2D eigenvalue weighted by Gasteiger charge is 2.16. The van der Waals surface area contributed by atoms with E-state index in [1.807, 2.05) is 11.9 Å². The molecule has 0 spiro atoms. The van der Waals surface area contributed by atoms with E-state index in [0.717, 1.165) is 31.9 Å². The number of nitrogens with one attached hydrogen (secondary N) is 2. The Labute approximate surface area is 124 Å². The lowest BCUT2D eigenvalue weighted by molar-refractivity contribution is -0.117. The molecule has 1 atom stereocenters. The number of ether oxygens (including phenoxy) is 1. The smallest absolute Gasteiger partial charge is 0.238 e. The molecule has 0 aromatic heterocycles. The molecule has 5 nitrogen and oxygen atoms in total. The fourth-order valence-electron chi connectivity index (χ4n) is 2.13. The van der Waals surface area contributed by atoms with Gasteiger partial charge in [0.05, 0.1) is 19.3 Å². The summed E-state index contributed by atoms with van der Waals surface area (Å²) in [7, 11) is 1.92. The van der Waals surface area contributed by atoms with Crippen LogP contribution in [0.3, 0.4) is 0 Å². The van der Waals surface area contributed by atoms with E-state index in [1.165, 1.54) is 0 Å². The van der Waals surface area contributed by atoms with Crippen molar-refractivity contribution in [1.82, 2.24) is 10.2 Å². The van der Waals surface area contributed by atoms with E-state index in [2.05, 4.69) is 10.6 Å². The fourth-order valence-corrected chi connectivity index (χ4v) is 2.25. The van der Waals surface area contributed by atoms with Crippen molar-refractivity contribution in [3.05, 3.63) is 29.3 Å². The topological polar surface area (TPSA) is 53.6 Å². The van der Waals surface area contributed by atoms with E-state index >= 15 is 0 Å². The van der Waals surface area contributed by atoms with Gasteiger partial charge in [0.25, 0.3) is 0 Å². The van der Waals surface area contributed by atoms with Crippen LogP contribution in [0.1, 0.15) is 0 Å². The highest BCUT2D eigenvalue weighted by atomic mass is 35.5. The number of likely N-dealkylation sites (N-methyl/N-ethyl adjacent to an activating group) is 1. The van der Waals surface area contributed by atoms with E-state index in [-0.39, 0.29) is 12.0 Å². The van der Waals surface area contributed by atoms with E-state index < -0.39 is 0 Å². The molecular formula is C14H20ClN3O2. The summed E-state index contributed by atoms with van der Waals surface area (Å²) >= 11 is 5.80. The number of nitrogens with zero attached hydrogens (tertiary/aromatic N) is 1. The predicted molar refractivity (Wildman–Crippen MR) is 80.2 cm³/mol. The monoisotopic (exact) mass is 297 g/mol. The summed E-state index contributed by atoms with van der Waals surface area (Å²) in [5, 5.41) is 6.77. The summed E-state index contributed by atoms with van der Waals surface area (Å²) in [6.45, 7) is 3.54. The lowest BCUT2D eigenvalue weighted by Crippen LogP contribution is -2.45. The predicted octanol–water partition coefficient (Wildman–Crippen LogP) is 1.20. The maximum Gasteiger partial charge on any atom is 0.238 e. The molecule has 1 aromatic rings. The molecule has 1 aliphatic rings. The van der Waals surface area contributed by atoms with Crippen LogP contribution in [0.2, 0.25) is 5.02 Å². The van der Waals surface area contributed by atoms with Crippen molar-refractivity contribution >= 4 is 23.2 Å². The molecule has 0 aliphatic carbocycles. The number of morpholine rings is 1. The van der Waals surface area contributed by atoms with Crippen LogP contribution in [-0.4, -0.2) is 56.7 Å². The highest BCUT2D eigenvalue weighted by Crippen LogP contribution is 2.13. The minimum absolute atomic E-state index is 0.0430. The van der Waals surface area contributed by atoms with Crippen LogP contribution in [0.5, 0.6) is 0 Å². The average molecular weight is 298 g/mol. The Morgan fingerprint density at radius 3 is 2.90 bits per heavy atom. The third kappa shape index (κ3) is 5.09. The lowest BCUT2D eigenvalue weighted by atomic mass is 10.3. The molecule has 1 aromatic carbocycles. The number of amides is 1. The number of anilines is 1. The zero-order chi connectivity index (χ0) is 14.4. The first-order valence-corrected chi connectivity index (χ1v) is 7.07. The Hall–Kier alpha value is -1.14. The van der Waals surface area contributed by atoms with Gasteiger partial charge in [-0.3, -0.25) is 9.69 Å². The molecule has 1 fully saturated rings. The van der Waals surface area contributed by atoms with Crippen LogP contribution < -0.4 is 10.6 Å². The summed E-state index contributed by atoms with van der Waals surface area (Å²) in [5.41, 5.74) is 0.753. The number of carbonyl (C=O) groups is 1. The van der Waals surface area contributed by atoms with Crippen LogP contribution in [-0.2, 0) is 9.53 Å². The van der Waals surface area contributed by atoms with Gasteiger partial charge < -0.3 is 15.4 Å². The number of benzene rings is 1. The molecule has 1 saturated heterocycles. The maximum atomic E-state index is 11.9. The van der Waals surface area contributed by atoms with Gasteiger partial charge in [-0.05, 0) is 31.3 Å². The van der Waals surface area contributed by atoms with Gasteiger partial charge in [-0.1, -0.05) is 11.6 Å². The van der Waals surface area contributed by atoms with Crippen molar-refractivity contribution in [2.45, 2.75) is 6.10 Å². The van der Waals surface area contributed by atoms with E-state index in [4.69, 9.17) is 16.3 Å². The third-order valence-corrected chi connectivity index (χ3v) is 3.31. The summed E-state index contributed by atoms with van der Waals surface area (Å²) in [6, 6.07) is 7.08. The van der Waals surface area contributed by atoms with E-state index in [0.29, 0.717) is 11.6 Å². The van der Waals surface area contributed by atoms with Crippen LogP contribution in [0.15, 0.2) is 24.3 Å². The van der Waals surface area contributed by atoms with Gasteiger partial charge in [0.1, 0.15) is 0 Å². The normalized spacial score (nSPS) is 19.1. The Morgan fingerprint density at radius 1 is 1.50 bits per heavy atom. The minimum atomic E-state index is -0.0430. The van der Waals surface area contributed by atoms with Crippen molar-refractivity contribution in [2.24, 2.45) is 0 Å². The van der Waals surface area contributed by atoms with Gasteiger partial charge in [0.2, 0.25) is 5.91 Å². The summed E-state index contributed by atoms with van der Waals surface area (Å²) in [6.07, 6.45) is 0.150. The first-order valence-electron chi connectivity index (χ1n) is 6.70. The van der Waals surface area contributed by atoms with Gasteiger partial charge in [0.15, 0.2) is 0 Å². The average Bonchev–Trinajstić information content (AvgIpc) is 2.42. The SMILES string of the molecule is CN(CC(=O)Nc1ccc(Cl)cc1)CC1CNCCO1. The summed E-state index contributed by atoms with van der Waals surface area (Å²) in [4.78, 5) is 13.9. The van der Waals surface area contributed by atoms with Crippen molar-refractivity contribution in [3.63, 3.8) is 0 Å². The second-order valence-corrected chi connectivity index (χ2v) is 5.39. The van der Waals surface area contributed by atoms with Gasteiger partial charge in [-0.15, -0.1) is 0 Å². The molecule has 1 amide bonds. The molecule has 0 saturated carbocycles. The van der Waals surface area contributed by atoms with Crippen molar-refractivity contribution < 1.29 is 9.53 Å². The Bertz CT molecular complexity index is 433. The Kier molecular flexibility index (Phi) is 5.79. The number of hydrogen-bond donors (Lipinski definition) is 2. The first-order chi connectivity index (χ1) is 9.63. The van der Waals surface area contributed by atoms with Crippen molar-refractivity contribution in [1.29, 1.82) is 0 Å². The highest BCUT2D eigenvalue weighted by molar-refractivity contribution is 6.30. The standard InChI is InChI=1S/C14H20ClN3O2/c1-18(9-13-8-16-6-7-20-13)10-14(19)17-12-4-2-11(15)3-5-12/h2-5,13,16H,6-10H2,1H3,(H,17,19). The summed E-state index contributed by atoms with van der Waals surface area (Å²) in [5.74, 6) is -0.0430. The quantitative estimate of drug-likeness (QED) is 0.857. The molecule has 2 N–H and O–H groups in total.